The van der Waals surface area contributed by atoms with Crippen molar-refractivity contribution in [2.75, 3.05) is 59.0 Å². The Hall–Kier alpha value is -5.93. The molecule has 0 radical (unpaired) electrons. The fourth-order valence-electron chi connectivity index (χ4n) is 5.20. The van der Waals surface area contributed by atoms with Crippen LogP contribution < -0.4 is 20.4 Å². The minimum absolute atomic E-state index is 0.00329. The standard InChI is InChI=1S/C35H37N13O4S4.O3S/c1-6-47(7-2)23-10-12-25(43-45-31-22(21-36)14-16-53-31)27(18-23)38-33-40-34(42-35(41-33)54-17-15-49)39-28-19-24(48(8-3)9-4)11-13-26(28)44-46-32-29(37-5)20-30(55-32)56(50,51)52;1-4(2)3/h10-14,16,18-20,49H,6-9,15,17H2,1-4H3,(H,50,51,52)(H2,38,39,40,41,42);. The maximum Gasteiger partial charge on any atom is 0.425 e. The van der Waals surface area contributed by atoms with Gasteiger partial charge in [0.2, 0.25) is 17.6 Å². The number of benzene rings is 2. The summed E-state index contributed by atoms with van der Waals surface area (Å²) in [5.41, 5.74) is 3.88. The van der Waals surface area contributed by atoms with Gasteiger partial charge in [0.1, 0.15) is 26.7 Å². The summed E-state index contributed by atoms with van der Waals surface area (Å²) in [5, 5.41) is 45.6. The first-order valence-corrected chi connectivity index (χ1v) is 22.8. The molecule has 3 heterocycles. The summed E-state index contributed by atoms with van der Waals surface area (Å²) in [4.78, 5) is 21.5. The monoisotopic (exact) mass is 911 g/mol. The van der Waals surface area contributed by atoms with Crippen LogP contribution in [0.5, 0.6) is 0 Å². The fraction of sp³-hybridized carbons (Fsp3) is 0.286. The van der Waals surface area contributed by atoms with Crippen LogP contribution in [0.4, 0.5) is 61.7 Å². The summed E-state index contributed by atoms with van der Waals surface area (Å²) in [5.74, 6) is 0.600. The van der Waals surface area contributed by atoms with E-state index in [0.717, 1.165) is 43.6 Å². The van der Waals surface area contributed by atoms with Crippen LogP contribution in [0.1, 0.15) is 33.3 Å². The minimum atomic E-state index is -4.55. The minimum Gasteiger partial charge on any atom is -0.396 e. The first-order valence-electron chi connectivity index (χ1n) is 17.7. The third kappa shape index (κ3) is 13.0. The Morgan fingerprint density at radius 3 is 1.82 bits per heavy atom. The summed E-state index contributed by atoms with van der Waals surface area (Å²) >= 11 is 3.14. The molecule has 5 rings (SSSR count). The second-order valence-corrected chi connectivity index (χ2v) is 16.6. The van der Waals surface area contributed by atoms with Gasteiger partial charge >= 0.3 is 20.7 Å². The van der Waals surface area contributed by atoms with Gasteiger partial charge in [-0.15, -0.1) is 50.6 Å². The number of aromatic nitrogens is 3. The summed E-state index contributed by atoms with van der Waals surface area (Å²) in [6, 6.07) is 16.0. The Bertz CT molecular complexity index is 2650. The zero-order chi connectivity index (χ0) is 43.8. The molecule has 0 bridgehead atoms. The molecule has 0 aliphatic carbocycles. The predicted octanol–water partition coefficient (Wildman–Crippen LogP) is 8.75. The second-order valence-electron chi connectivity index (χ2n) is 11.5. The van der Waals surface area contributed by atoms with E-state index in [-0.39, 0.29) is 29.2 Å². The van der Waals surface area contributed by atoms with Crippen molar-refractivity contribution in [2.24, 2.45) is 20.5 Å². The van der Waals surface area contributed by atoms with E-state index in [9.17, 15) is 23.3 Å². The van der Waals surface area contributed by atoms with Crippen LogP contribution in [0.25, 0.3) is 4.85 Å². The quantitative estimate of drug-likeness (QED) is 0.0277. The molecule has 3 aromatic heterocycles. The zero-order valence-corrected chi connectivity index (χ0v) is 36.4. The van der Waals surface area contributed by atoms with Gasteiger partial charge in [-0.1, -0.05) is 11.8 Å². The average molecular weight is 912 g/mol. The van der Waals surface area contributed by atoms with Crippen LogP contribution in [0.2, 0.25) is 0 Å². The fourth-order valence-corrected chi connectivity index (χ4v) is 8.00. The van der Waals surface area contributed by atoms with Crippen molar-refractivity contribution in [3.8, 4) is 6.07 Å². The Morgan fingerprint density at radius 1 is 0.850 bits per heavy atom. The lowest BCUT2D eigenvalue weighted by molar-refractivity contribution is 0.322. The SMILES string of the molecule is O=S(=O)=O.[C-]#[N+]c1cc(S(=O)(=O)O)sc1N=Nc1ccc(N(CC)CC)cc1Nc1nc(Nc2cc(N(CC)CC)ccc2N=Nc2sccc2C#N)nc(SCCO)n1. The molecule has 20 nitrogen and oxygen atoms in total. The lowest BCUT2D eigenvalue weighted by Gasteiger charge is -2.22. The third-order valence-electron chi connectivity index (χ3n) is 7.96. The summed E-state index contributed by atoms with van der Waals surface area (Å²) in [6.45, 7) is 18.5. The largest absolute Gasteiger partial charge is 0.425 e. The van der Waals surface area contributed by atoms with Crippen LogP contribution in [0.15, 0.2) is 83.7 Å². The number of nitrogens with zero attached hydrogens (tertiary/aromatic N) is 11. The Balaban J connectivity index is 0.00000190. The van der Waals surface area contributed by atoms with E-state index >= 15 is 0 Å². The molecule has 0 aliphatic heterocycles. The predicted molar refractivity (Wildman–Crippen MR) is 232 cm³/mol. The number of aliphatic hydroxyl groups is 1. The van der Waals surface area contributed by atoms with E-state index in [0.29, 0.717) is 55.6 Å². The smallest absolute Gasteiger partial charge is 0.396 e. The Morgan fingerprint density at radius 2 is 1.37 bits per heavy atom. The van der Waals surface area contributed by atoms with Crippen LogP contribution >= 0.6 is 34.4 Å². The van der Waals surface area contributed by atoms with Crippen molar-refractivity contribution in [1.29, 1.82) is 5.26 Å². The number of aliphatic hydroxyl groups excluding tert-OH is 1. The van der Waals surface area contributed by atoms with Gasteiger partial charge in [0.15, 0.2) is 10.2 Å². The highest BCUT2D eigenvalue weighted by atomic mass is 32.3. The van der Waals surface area contributed by atoms with Crippen molar-refractivity contribution in [3.63, 3.8) is 0 Å². The van der Waals surface area contributed by atoms with Gasteiger partial charge in [0, 0.05) is 43.3 Å². The third-order valence-corrected chi connectivity index (χ3v) is 11.9. The molecule has 25 heteroatoms. The topological polar surface area (TPSA) is 273 Å². The zero-order valence-electron chi connectivity index (χ0n) is 32.3. The molecule has 0 saturated heterocycles. The highest BCUT2D eigenvalue weighted by Gasteiger charge is 2.19. The van der Waals surface area contributed by atoms with Gasteiger partial charge in [0.05, 0.1) is 30.1 Å². The number of anilines is 6. The Kier molecular flexibility index (Phi) is 17.5. The van der Waals surface area contributed by atoms with E-state index in [1.54, 1.807) is 17.5 Å². The molecule has 0 spiro atoms. The summed E-state index contributed by atoms with van der Waals surface area (Å²) in [6.07, 6.45) is 0. The molecular weight excluding hydrogens is 875 g/mol. The van der Waals surface area contributed by atoms with Crippen LogP contribution in [-0.2, 0) is 20.7 Å². The number of thioether (sulfide) groups is 1. The van der Waals surface area contributed by atoms with Crippen molar-refractivity contribution in [3.05, 3.63) is 70.9 Å². The van der Waals surface area contributed by atoms with Gasteiger partial charge in [-0.05, 0) is 81.6 Å². The molecule has 0 unspecified atom stereocenters. The van der Waals surface area contributed by atoms with Crippen molar-refractivity contribution < 1.29 is 30.7 Å². The van der Waals surface area contributed by atoms with Crippen molar-refractivity contribution in [1.82, 2.24) is 15.0 Å². The first-order chi connectivity index (χ1) is 28.8. The molecule has 0 amide bonds. The second kappa shape index (κ2) is 22.4. The van der Waals surface area contributed by atoms with E-state index in [2.05, 4.69) is 75.6 Å². The van der Waals surface area contributed by atoms with Crippen molar-refractivity contribution >= 4 is 117 Å². The summed E-state index contributed by atoms with van der Waals surface area (Å²) in [7, 11) is -7.66. The van der Waals surface area contributed by atoms with Gasteiger partial charge < -0.3 is 25.5 Å². The van der Waals surface area contributed by atoms with Gasteiger partial charge in [-0.2, -0.15) is 33.7 Å². The van der Waals surface area contributed by atoms with E-state index in [1.165, 1.54) is 23.1 Å². The van der Waals surface area contributed by atoms with E-state index in [4.69, 9.17) is 24.2 Å². The van der Waals surface area contributed by atoms with Crippen LogP contribution in [-0.4, -0.2) is 84.2 Å². The highest BCUT2D eigenvalue weighted by Crippen LogP contribution is 2.42. The maximum absolute atomic E-state index is 11.8. The number of hydrogen-bond acceptors (Lipinski definition) is 21. The molecule has 60 heavy (non-hydrogen) atoms. The molecule has 0 atom stereocenters. The van der Waals surface area contributed by atoms with E-state index < -0.39 is 24.9 Å². The van der Waals surface area contributed by atoms with Crippen molar-refractivity contribution in [2.45, 2.75) is 37.1 Å². The van der Waals surface area contributed by atoms with Crippen LogP contribution in [0.3, 0.4) is 0 Å². The molecule has 4 N–H and O–H groups in total. The van der Waals surface area contributed by atoms with Gasteiger partial charge in [-0.3, -0.25) is 4.55 Å². The molecule has 314 valence electrons. The Labute approximate surface area is 359 Å². The highest BCUT2D eigenvalue weighted by molar-refractivity contribution is 7.99. The molecule has 0 aliphatic rings. The normalized spacial score (nSPS) is 11.1. The molecular formula is C35H37N13O7S5. The number of thiophene rings is 2. The number of nitriles is 1. The number of nitrogens with one attached hydrogen (secondary N) is 2. The lowest BCUT2D eigenvalue weighted by atomic mass is 10.2. The molecule has 0 saturated carbocycles. The number of rotatable bonds is 18. The van der Waals surface area contributed by atoms with Crippen LogP contribution in [0, 0.1) is 17.9 Å². The van der Waals surface area contributed by atoms with Gasteiger partial charge in [0.25, 0.3) is 0 Å². The van der Waals surface area contributed by atoms with E-state index in [1.807, 2.05) is 44.2 Å². The molecule has 5 aromatic rings. The number of hydrogen-bond donors (Lipinski definition) is 4. The van der Waals surface area contributed by atoms with Gasteiger partial charge in [-0.25, -0.2) is 4.85 Å². The lowest BCUT2D eigenvalue weighted by Crippen LogP contribution is -2.21. The number of azo groups is 2. The summed E-state index contributed by atoms with van der Waals surface area (Å²) < 4.78 is 57.9. The first kappa shape index (κ1) is 46.8. The molecule has 2 aromatic carbocycles. The maximum atomic E-state index is 11.8. The molecule has 0 fully saturated rings. The average Bonchev–Trinajstić information content (AvgIpc) is 3.87.